The Morgan fingerprint density at radius 2 is 1.76 bits per heavy atom. The van der Waals surface area contributed by atoms with Gasteiger partial charge in [-0.15, -0.1) is 0 Å². The van der Waals surface area contributed by atoms with Gasteiger partial charge in [0.2, 0.25) is 11.8 Å². The normalized spacial score (nSPS) is 29.7. The highest BCUT2D eigenvalue weighted by Crippen LogP contribution is 2.55. The lowest BCUT2D eigenvalue weighted by atomic mass is 9.53. The van der Waals surface area contributed by atoms with Gasteiger partial charge < -0.3 is 21.3 Å². The van der Waals surface area contributed by atoms with Crippen LogP contribution in [0.1, 0.15) is 50.5 Å². The molecule has 4 bridgehead atoms. The molecule has 176 valence electrons. The summed E-state index contributed by atoms with van der Waals surface area (Å²) in [5.74, 6) is 1.80. The lowest BCUT2D eigenvalue weighted by Crippen LogP contribution is -2.61. The van der Waals surface area contributed by atoms with Gasteiger partial charge in [0.25, 0.3) is 0 Å². The summed E-state index contributed by atoms with van der Waals surface area (Å²) in [4.78, 5) is 49.5. The molecule has 1 heterocycles. The molecule has 6 rings (SSSR count). The smallest absolute Gasteiger partial charge is 0.324 e. The van der Waals surface area contributed by atoms with Crippen molar-refractivity contribution in [2.24, 2.45) is 17.8 Å². The fourth-order valence-electron chi connectivity index (χ4n) is 6.61. The zero-order chi connectivity index (χ0) is 23.0. The maximum atomic E-state index is 12.5. The predicted octanol–water partition coefficient (Wildman–Crippen LogP) is 2.33. The fourth-order valence-corrected chi connectivity index (χ4v) is 6.61. The third kappa shape index (κ3) is 4.82. The van der Waals surface area contributed by atoms with Crippen LogP contribution >= 0.6 is 0 Å². The van der Waals surface area contributed by atoms with E-state index in [1.807, 2.05) is 0 Å². The van der Waals surface area contributed by atoms with E-state index >= 15 is 0 Å². The molecule has 9 nitrogen and oxygen atoms in total. The standard InChI is InChI=1S/C24H31N5O4/c30-20(27-19-3-1-2-15(9-19)14-29-21(31)13-26-23(29)33)4-5-25-22(32)28-24-10-16-6-17(11-24)8-18(7-16)12-24/h1-3,9,16-18H,4-8,10-14H2,(H,26,33)(H,27,30)(H2,25,28,32). The molecule has 0 unspecified atom stereocenters. The highest BCUT2D eigenvalue weighted by atomic mass is 16.2. The average molecular weight is 454 g/mol. The molecule has 6 amide bonds. The monoisotopic (exact) mass is 453 g/mol. The van der Waals surface area contributed by atoms with Crippen molar-refractivity contribution < 1.29 is 19.2 Å². The Hall–Kier alpha value is -3.10. The van der Waals surface area contributed by atoms with Gasteiger partial charge in [-0.2, -0.15) is 0 Å². The quantitative estimate of drug-likeness (QED) is 0.474. The van der Waals surface area contributed by atoms with Crippen LogP contribution in [0.3, 0.4) is 0 Å². The molecule has 1 saturated heterocycles. The van der Waals surface area contributed by atoms with E-state index in [0.717, 1.165) is 47.5 Å². The molecule has 0 spiro atoms. The minimum Gasteiger partial charge on any atom is -0.338 e. The van der Waals surface area contributed by atoms with Gasteiger partial charge in [-0.1, -0.05) is 12.1 Å². The molecule has 5 fully saturated rings. The van der Waals surface area contributed by atoms with Gasteiger partial charge in [0, 0.05) is 24.2 Å². The Morgan fingerprint density at radius 1 is 1.06 bits per heavy atom. The number of imide groups is 1. The molecule has 33 heavy (non-hydrogen) atoms. The third-order valence-corrected chi connectivity index (χ3v) is 7.54. The number of rotatable bonds is 7. The van der Waals surface area contributed by atoms with E-state index in [1.165, 1.54) is 19.3 Å². The fraction of sp³-hybridized carbons (Fsp3) is 0.583. The third-order valence-electron chi connectivity index (χ3n) is 7.54. The summed E-state index contributed by atoms with van der Waals surface area (Å²) in [5, 5.41) is 11.4. The number of amides is 6. The number of carbonyl (C=O) groups excluding carboxylic acids is 4. The maximum Gasteiger partial charge on any atom is 0.324 e. The number of urea groups is 2. The average Bonchev–Trinajstić information content (AvgIpc) is 3.04. The van der Waals surface area contributed by atoms with E-state index in [-0.39, 0.29) is 49.4 Å². The van der Waals surface area contributed by atoms with Crippen LogP contribution in [0, 0.1) is 17.8 Å². The summed E-state index contributed by atoms with van der Waals surface area (Å²) < 4.78 is 0. The molecule has 5 aliphatic rings. The molecule has 1 aliphatic heterocycles. The van der Waals surface area contributed by atoms with E-state index in [2.05, 4.69) is 21.3 Å². The first-order valence-corrected chi connectivity index (χ1v) is 11.9. The number of hydrogen-bond donors (Lipinski definition) is 4. The number of carbonyl (C=O) groups is 4. The van der Waals surface area contributed by atoms with Crippen LogP contribution in [0.25, 0.3) is 0 Å². The summed E-state index contributed by atoms with van der Waals surface area (Å²) >= 11 is 0. The van der Waals surface area contributed by atoms with Crippen molar-refractivity contribution in [3.05, 3.63) is 29.8 Å². The highest BCUT2D eigenvalue weighted by molar-refractivity contribution is 6.01. The SMILES string of the molecule is O=C(CCNC(=O)NC12CC3CC(CC(C3)C1)C2)Nc1cccc(CN2C(=O)CNC2=O)c1. The molecule has 0 atom stereocenters. The molecule has 0 aromatic heterocycles. The predicted molar refractivity (Wildman–Crippen MR) is 121 cm³/mol. The van der Waals surface area contributed by atoms with Crippen LogP contribution in [0.5, 0.6) is 0 Å². The van der Waals surface area contributed by atoms with Gasteiger partial charge in [0.1, 0.15) is 0 Å². The molecular weight excluding hydrogens is 422 g/mol. The number of nitrogens with zero attached hydrogens (tertiary/aromatic N) is 1. The summed E-state index contributed by atoms with van der Waals surface area (Å²) in [6.07, 6.45) is 7.41. The molecule has 9 heteroatoms. The molecule has 0 radical (unpaired) electrons. The molecule has 4 N–H and O–H groups in total. The van der Waals surface area contributed by atoms with Gasteiger partial charge in [-0.3, -0.25) is 14.5 Å². The summed E-state index contributed by atoms with van der Waals surface area (Å²) in [6.45, 7) is 0.422. The van der Waals surface area contributed by atoms with Crippen molar-refractivity contribution in [1.29, 1.82) is 0 Å². The van der Waals surface area contributed by atoms with Crippen molar-refractivity contribution in [2.45, 2.75) is 57.0 Å². The van der Waals surface area contributed by atoms with Crippen LogP contribution in [-0.2, 0) is 16.1 Å². The molecule has 4 aliphatic carbocycles. The largest absolute Gasteiger partial charge is 0.338 e. The van der Waals surface area contributed by atoms with Crippen LogP contribution in [0.2, 0.25) is 0 Å². The first kappa shape index (κ1) is 21.7. The summed E-state index contributed by atoms with van der Waals surface area (Å²) in [5.41, 5.74) is 1.28. The summed E-state index contributed by atoms with van der Waals surface area (Å²) in [7, 11) is 0. The van der Waals surface area contributed by atoms with Gasteiger partial charge in [-0.25, -0.2) is 9.59 Å². The molecule has 1 aromatic carbocycles. The van der Waals surface area contributed by atoms with Crippen molar-refractivity contribution >= 4 is 29.6 Å². The van der Waals surface area contributed by atoms with Gasteiger partial charge >= 0.3 is 12.1 Å². The van der Waals surface area contributed by atoms with Crippen molar-refractivity contribution in [1.82, 2.24) is 20.9 Å². The van der Waals surface area contributed by atoms with Crippen molar-refractivity contribution in [2.75, 3.05) is 18.4 Å². The summed E-state index contributed by atoms with van der Waals surface area (Å²) in [6, 6.07) is 6.46. The topological polar surface area (TPSA) is 120 Å². The van der Waals surface area contributed by atoms with Crippen molar-refractivity contribution in [3.8, 4) is 0 Å². The van der Waals surface area contributed by atoms with E-state index in [0.29, 0.717) is 5.69 Å². The lowest BCUT2D eigenvalue weighted by molar-refractivity contribution is -0.125. The lowest BCUT2D eigenvalue weighted by Gasteiger charge is -2.56. The van der Waals surface area contributed by atoms with Crippen LogP contribution < -0.4 is 21.3 Å². The second-order valence-corrected chi connectivity index (χ2v) is 10.2. The number of benzene rings is 1. The van der Waals surface area contributed by atoms with E-state index < -0.39 is 6.03 Å². The second kappa shape index (κ2) is 8.68. The maximum absolute atomic E-state index is 12.5. The van der Waals surface area contributed by atoms with E-state index in [1.54, 1.807) is 24.3 Å². The van der Waals surface area contributed by atoms with Crippen LogP contribution in [0.4, 0.5) is 15.3 Å². The van der Waals surface area contributed by atoms with Gasteiger partial charge in [0.15, 0.2) is 0 Å². The Labute approximate surface area is 193 Å². The first-order valence-electron chi connectivity index (χ1n) is 11.9. The van der Waals surface area contributed by atoms with Gasteiger partial charge in [-0.05, 0) is 74.0 Å². The Morgan fingerprint density at radius 3 is 2.39 bits per heavy atom. The number of anilines is 1. The first-order chi connectivity index (χ1) is 15.9. The Kier molecular flexibility index (Phi) is 5.72. The zero-order valence-electron chi connectivity index (χ0n) is 18.7. The van der Waals surface area contributed by atoms with Crippen molar-refractivity contribution in [3.63, 3.8) is 0 Å². The molecular formula is C24H31N5O4. The molecule has 1 aromatic rings. The zero-order valence-corrected chi connectivity index (χ0v) is 18.7. The van der Waals surface area contributed by atoms with E-state index in [9.17, 15) is 19.2 Å². The van der Waals surface area contributed by atoms with E-state index in [4.69, 9.17) is 0 Å². The highest BCUT2D eigenvalue weighted by Gasteiger charge is 2.51. The Balaban J connectivity index is 1.07. The van der Waals surface area contributed by atoms with Gasteiger partial charge in [0.05, 0.1) is 13.1 Å². The minimum atomic E-state index is -0.410. The van der Waals surface area contributed by atoms with Crippen LogP contribution in [-0.4, -0.2) is 47.4 Å². The minimum absolute atomic E-state index is 0.0126. The Bertz CT molecular complexity index is 926. The second-order valence-electron chi connectivity index (χ2n) is 10.2. The molecule has 4 saturated carbocycles. The number of hydrogen-bond acceptors (Lipinski definition) is 4. The number of nitrogens with one attached hydrogen (secondary N) is 4. The van der Waals surface area contributed by atoms with Crippen LogP contribution in [0.15, 0.2) is 24.3 Å².